The molecule has 1 saturated heterocycles. The third kappa shape index (κ3) is 3.00. The van der Waals surface area contributed by atoms with E-state index in [1.807, 2.05) is 12.1 Å². The number of hydrogen-bond acceptors (Lipinski definition) is 6. The molecule has 3 heterocycles. The van der Waals surface area contributed by atoms with Crippen LogP contribution in [0.1, 0.15) is 23.5 Å². The highest BCUT2D eigenvalue weighted by Crippen LogP contribution is 2.19. The maximum absolute atomic E-state index is 5.37. The molecule has 20 heavy (non-hydrogen) atoms. The first kappa shape index (κ1) is 13.5. The second-order valence-corrected chi connectivity index (χ2v) is 5.45. The van der Waals surface area contributed by atoms with Gasteiger partial charge in [0.1, 0.15) is 5.76 Å². The van der Waals surface area contributed by atoms with Crippen LogP contribution in [-0.2, 0) is 0 Å². The molecule has 3 rings (SSSR count). The van der Waals surface area contributed by atoms with Crippen LogP contribution in [0, 0.1) is 0 Å². The summed E-state index contributed by atoms with van der Waals surface area (Å²) in [6.07, 6.45) is 3.54. The van der Waals surface area contributed by atoms with Crippen molar-refractivity contribution in [2.75, 3.05) is 26.7 Å². The summed E-state index contributed by atoms with van der Waals surface area (Å²) in [5, 5.41) is 7.38. The Morgan fingerprint density at radius 3 is 3.10 bits per heavy atom. The Balaban J connectivity index is 1.71. The molecule has 0 amide bonds. The summed E-state index contributed by atoms with van der Waals surface area (Å²) >= 11 is 3.26. The van der Waals surface area contributed by atoms with E-state index in [1.54, 1.807) is 12.2 Å². The first-order chi connectivity index (χ1) is 9.72. The molecule has 1 N–H and O–H groups in total. The molecule has 1 aliphatic rings. The molecule has 0 radical (unpaired) electrons. The third-order valence-corrected chi connectivity index (χ3v) is 3.68. The Hall–Kier alpha value is -1.44. The van der Waals surface area contributed by atoms with Gasteiger partial charge in [-0.3, -0.25) is 4.90 Å². The van der Waals surface area contributed by atoms with E-state index in [0.29, 0.717) is 16.4 Å². The molecule has 0 aromatic carbocycles. The normalized spacial score (nSPS) is 20.8. The highest BCUT2D eigenvalue weighted by molar-refractivity contribution is 9.10. The summed E-state index contributed by atoms with van der Waals surface area (Å²) in [4.78, 5) is 6.63. The average molecular weight is 339 g/mol. The monoisotopic (exact) mass is 338 g/mol. The molecule has 7 heteroatoms. The van der Waals surface area contributed by atoms with Crippen LogP contribution in [0.4, 0.5) is 0 Å². The third-order valence-electron chi connectivity index (χ3n) is 3.25. The van der Waals surface area contributed by atoms with E-state index in [4.69, 9.17) is 8.94 Å². The van der Waals surface area contributed by atoms with E-state index < -0.39 is 0 Å². The van der Waals surface area contributed by atoms with Crippen molar-refractivity contribution in [3.05, 3.63) is 34.3 Å². The van der Waals surface area contributed by atoms with Crippen molar-refractivity contribution in [1.82, 2.24) is 20.4 Å². The number of aromatic nitrogens is 2. The standard InChI is InChI=1S/C13H15BrN4O2/c1-18-7-6-15-8-10(18)13-16-12(20-17-13)5-3-9-2-4-11(14)19-9/h2-5,10,15H,6-8H2,1H3/b5-3+. The van der Waals surface area contributed by atoms with Crippen molar-refractivity contribution in [2.45, 2.75) is 6.04 Å². The lowest BCUT2D eigenvalue weighted by atomic mass is 10.2. The van der Waals surface area contributed by atoms with Crippen molar-refractivity contribution in [2.24, 2.45) is 0 Å². The molecule has 1 atom stereocenters. The van der Waals surface area contributed by atoms with Gasteiger partial charge in [0.15, 0.2) is 10.5 Å². The number of likely N-dealkylation sites (N-methyl/N-ethyl adjacent to an activating group) is 1. The highest BCUT2D eigenvalue weighted by atomic mass is 79.9. The summed E-state index contributed by atoms with van der Waals surface area (Å²) in [6, 6.07) is 3.85. The number of furan rings is 1. The van der Waals surface area contributed by atoms with Gasteiger partial charge in [-0.2, -0.15) is 4.98 Å². The molecule has 6 nitrogen and oxygen atoms in total. The molecular weight excluding hydrogens is 324 g/mol. The topological polar surface area (TPSA) is 67.3 Å². The van der Waals surface area contributed by atoms with Crippen molar-refractivity contribution in [3.63, 3.8) is 0 Å². The minimum Gasteiger partial charge on any atom is -0.450 e. The quantitative estimate of drug-likeness (QED) is 0.925. The number of nitrogens with one attached hydrogen (secondary N) is 1. The van der Waals surface area contributed by atoms with Crippen LogP contribution in [0.2, 0.25) is 0 Å². The van der Waals surface area contributed by atoms with Crippen molar-refractivity contribution >= 4 is 28.1 Å². The van der Waals surface area contributed by atoms with Crippen LogP contribution in [0.3, 0.4) is 0 Å². The summed E-state index contributed by atoms with van der Waals surface area (Å²) in [7, 11) is 2.07. The number of piperazine rings is 1. The van der Waals surface area contributed by atoms with Crippen molar-refractivity contribution in [3.8, 4) is 0 Å². The van der Waals surface area contributed by atoms with Crippen LogP contribution in [-0.4, -0.2) is 41.7 Å². The first-order valence-electron chi connectivity index (χ1n) is 6.40. The zero-order valence-corrected chi connectivity index (χ0v) is 12.6. The maximum Gasteiger partial charge on any atom is 0.250 e. The molecule has 0 aliphatic carbocycles. The predicted octanol–water partition coefficient (Wildman–Crippen LogP) is 2.17. The van der Waals surface area contributed by atoms with Crippen LogP contribution in [0.5, 0.6) is 0 Å². The minimum atomic E-state index is 0.160. The summed E-state index contributed by atoms with van der Waals surface area (Å²) in [5.41, 5.74) is 0. The summed E-state index contributed by atoms with van der Waals surface area (Å²) < 4.78 is 11.3. The molecule has 0 bridgehead atoms. The van der Waals surface area contributed by atoms with Crippen LogP contribution >= 0.6 is 15.9 Å². The average Bonchev–Trinajstić information content (AvgIpc) is 3.06. The summed E-state index contributed by atoms with van der Waals surface area (Å²) in [5.74, 6) is 1.92. The molecule has 2 aromatic rings. The smallest absolute Gasteiger partial charge is 0.250 e. The molecular formula is C13H15BrN4O2. The molecule has 0 spiro atoms. The fraction of sp³-hybridized carbons (Fsp3) is 0.385. The highest BCUT2D eigenvalue weighted by Gasteiger charge is 2.24. The van der Waals surface area contributed by atoms with Gasteiger partial charge in [-0.1, -0.05) is 5.16 Å². The van der Waals surface area contributed by atoms with Gasteiger partial charge >= 0.3 is 0 Å². The molecule has 1 unspecified atom stereocenters. The Morgan fingerprint density at radius 1 is 1.45 bits per heavy atom. The summed E-state index contributed by atoms with van der Waals surface area (Å²) in [6.45, 7) is 2.81. The van der Waals surface area contributed by atoms with E-state index in [0.717, 1.165) is 25.4 Å². The Kier molecular flexibility index (Phi) is 4.00. The van der Waals surface area contributed by atoms with Crippen LogP contribution in [0.15, 0.2) is 25.7 Å². The first-order valence-corrected chi connectivity index (χ1v) is 7.19. The zero-order valence-electron chi connectivity index (χ0n) is 11.0. The number of hydrogen-bond donors (Lipinski definition) is 1. The van der Waals surface area contributed by atoms with Crippen LogP contribution in [0.25, 0.3) is 12.2 Å². The number of halogens is 1. The number of rotatable bonds is 3. The van der Waals surface area contributed by atoms with Gasteiger partial charge in [0.2, 0.25) is 0 Å². The predicted molar refractivity (Wildman–Crippen MR) is 77.9 cm³/mol. The van der Waals surface area contributed by atoms with Gasteiger partial charge in [-0.25, -0.2) is 0 Å². The minimum absolute atomic E-state index is 0.160. The Bertz CT molecular complexity index is 607. The van der Waals surface area contributed by atoms with E-state index in [1.165, 1.54) is 0 Å². The van der Waals surface area contributed by atoms with Gasteiger partial charge in [0, 0.05) is 25.7 Å². The van der Waals surface area contributed by atoms with Crippen LogP contribution < -0.4 is 5.32 Å². The Morgan fingerprint density at radius 2 is 2.35 bits per heavy atom. The van der Waals surface area contributed by atoms with Gasteiger partial charge in [0.25, 0.3) is 5.89 Å². The fourth-order valence-corrected chi connectivity index (χ4v) is 2.43. The Labute approximate surface area is 125 Å². The maximum atomic E-state index is 5.37. The van der Waals surface area contributed by atoms with Gasteiger partial charge in [0.05, 0.1) is 6.04 Å². The van der Waals surface area contributed by atoms with Gasteiger partial charge < -0.3 is 14.3 Å². The molecule has 0 saturated carbocycles. The second kappa shape index (κ2) is 5.90. The molecule has 106 valence electrons. The SMILES string of the molecule is CN1CCNCC1c1noc(/C=C/c2ccc(Br)o2)n1. The largest absolute Gasteiger partial charge is 0.450 e. The van der Waals surface area contributed by atoms with E-state index >= 15 is 0 Å². The lowest BCUT2D eigenvalue weighted by Gasteiger charge is -2.30. The van der Waals surface area contributed by atoms with Crippen molar-refractivity contribution < 1.29 is 8.94 Å². The van der Waals surface area contributed by atoms with E-state index in [2.05, 4.69) is 43.3 Å². The number of nitrogens with zero attached hydrogens (tertiary/aromatic N) is 3. The molecule has 1 fully saturated rings. The lowest BCUT2D eigenvalue weighted by Crippen LogP contribution is -2.44. The fourth-order valence-electron chi connectivity index (χ4n) is 2.12. The van der Waals surface area contributed by atoms with E-state index in [-0.39, 0.29) is 6.04 Å². The van der Waals surface area contributed by atoms with Gasteiger partial charge in [-0.15, -0.1) is 0 Å². The second-order valence-electron chi connectivity index (χ2n) is 4.67. The van der Waals surface area contributed by atoms with Gasteiger partial charge in [-0.05, 0) is 41.2 Å². The van der Waals surface area contributed by atoms with E-state index in [9.17, 15) is 0 Å². The molecule has 2 aromatic heterocycles. The zero-order chi connectivity index (χ0) is 13.9. The van der Waals surface area contributed by atoms with Crippen molar-refractivity contribution in [1.29, 1.82) is 0 Å². The molecule has 1 aliphatic heterocycles. The lowest BCUT2D eigenvalue weighted by molar-refractivity contribution is 0.190.